The molecule has 0 aliphatic carbocycles. The Labute approximate surface area is 114 Å². The first-order valence-corrected chi connectivity index (χ1v) is 5.56. The number of carbonyl (C=O) groups excluding carboxylic acids is 3. The third-order valence-electron chi connectivity index (χ3n) is 2.28. The smallest absolute Gasteiger partial charge is 0.322 e. The molecule has 0 heterocycles. The quantitative estimate of drug-likeness (QED) is 0.513. The van der Waals surface area contributed by atoms with Gasteiger partial charge in [-0.15, -0.1) is 0 Å². The Morgan fingerprint density at radius 3 is 2.00 bits per heavy atom. The lowest BCUT2D eigenvalue weighted by Gasteiger charge is -2.05. The maximum absolute atomic E-state index is 11.6. The zero-order chi connectivity index (χ0) is 15.1. The van der Waals surface area contributed by atoms with Gasteiger partial charge in [-0.05, 0) is 24.3 Å². The Balaban J connectivity index is 2.48. The maximum Gasteiger partial charge on any atom is 0.322 e. The SMILES string of the molecule is NC(=O)c1ccc(C(=O)NCC(=O)NCC(=O)O)cc1. The fourth-order valence-electron chi connectivity index (χ4n) is 1.29. The molecule has 3 amide bonds. The minimum Gasteiger partial charge on any atom is -0.480 e. The standard InChI is InChI=1S/C12H13N3O5/c13-11(19)7-1-3-8(4-2-7)12(20)15-5-9(16)14-6-10(17)18/h1-4H,5-6H2,(H2,13,19)(H,14,16)(H,15,20)(H,17,18). The average Bonchev–Trinajstić information content (AvgIpc) is 2.42. The van der Waals surface area contributed by atoms with Crippen LogP contribution < -0.4 is 16.4 Å². The molecule has 106 valence electrons. The summed E-state index contributed by atoms with van der Waals surface area (Å²) in [6.07, 6.45) is 0. The molecule has 8 heteroatoms. The second-order valence-corrected chi connectivity index (χ2v) is 3.79. The van der Waals surface area contributed by atoms with Crippen LogP contribution in [0, 0.1) is 0 Å². The van der Waals surface area contributed by atoms with Crippen LogP contribution in [-0.4, -0.2) is 41.9 Å². The number of rotatable bonds is 6. The van der Waals surface area contributed by atoms with E-state index in [1.807, 2.05) is 0 Å². The first-order chi connectivity index (χ1) is 9.40. The summed E-state index contributed by atoms with van der Waals surface area (Å²) in [5, 5.41) is 12.8. The minimum atomic E-state index is -1.17. The van der Waals surface area contributed by atoms with Gasteiger partial charge in [0.2, 0.25) is 11.8 Å². The zero-order valence-corrected chi connectivity index (χ0v) is 10.4. The third-order valence-corrected chi connectivity index (χ3v) is 2.28. The predicted molar refractivity (Wildman–Crippen MR) is 67.9 cm³/mol. The van der Waals surface area contributed by atoms with E-state index in [9.17, 15) is 19.2 Å². The van der Waals surface area contributed by atoms with Gasteiger partial charge in [0, 0.05) is 11.1 Å². The summed E-state index contributed by atoms with van der Waals surface area (Å²) < 4.78 is 0. The van der Waals surface area contributed by atoms with Crippen LogP contribution in [0.4, 0.5) is 0 Å². The van der Waals surface area contributed by atoms with Crippen molar-refractivity contribution in [1.82, 2.24) is 10.6 Å². The van der Waals surface area contributed by atoms with E-state index in [1.165, 1.54) is 24.3 Å². The van der Waals surface area contributed by atoms with Crippen LogP contribution in [0.15, 0.2) is 24.3 Å². The van der Waals surface area contributed by atoms with Gasteiger partial charge in [-0.25, -0.2) is 0 Å². The van der Waals surface area contributed by atoms with Crippen molar-refractivity contribution in [3.05, 3.63) is 35.4 Å². The van der Waals surface area contributed by atoms with Crippen LogP contribution in [0.5, 0.6) is 0 Å². The van der Waals surface area contributed by atoms with Crippen molar-refractivity contribution in [1.29, 1.82) is 0 Å². The van der Waals surface area contributed by atoms with Crippen LogP contribution in [0.2, 0.25) is 0 Å². The van der Waals surface area contributed by atoms with Crippen molar-refractivity contribution in [2.45, 2.75) is 0 Å². The summed E-state index contributed by atoms with van der Waals surface area (Å²) in [5.74, 6) is -2.92. The monoisotopic (exact) mass is 279 g/mol. The second-order valence-electron chi connectivity index (χ2n) is 3.79. The number of nitrogens with one attached hydrogen (secondary N) is 2. The Hall–Kier alpha value is -2.90. The Kier molecular flexibility index (Phi) is 5.21. The summed E-state index contributed by atoms with van der Waals surface area (Å²) in [7, 11) is 0. The number of carboxylic acids is 1. The summed E-state index contributed by atoms with van der Waals surface area (Å²) in [6, 6.07) is 5.57. The van der Waals surface area contributed by atoms with Gasteiger partial charge in [0.1, 0.15) is 6.54 Å². The van der Waals surface area contributed by atoms with Crippen LogP contribution >= 0.6 is 0 Å². The number of hydrogen-bond donors (Lipinski definition) is 4. The van der Waals surface area contributed by atoms with E-state index in [4.69, 9.17) is 10.8 Å². The summed E-state index contributed by atoms with van der Waals surface area (Å²) >= 11 is 0. The molecule has 0 atom stereocenters. The maximum atomic E-state index is 11.6. The number of benzene rings is 1. The van der Waals surface area contributed by atoms with E-state index in [0.717, 1.165) is 0 Å². The van der Waals surface area contributed by atoms with Gasteiger partial charge < -0.3 is 21.5 Å². The normalized spacial score (nSPS) is 9.60. The lowest BCUT2D eigenvalue weighted by atomic mass is 10.1. The van der Waals surface area contributed by atoms with Crippen LogP contribution in [0.3, 0.4) is 0 Å². The Morgan fingerprint density at radius 1 is 0.950 bits per heavy atom. The van der Waals surface area contributed by atoms with Crippen molar-refractivity contribution in [3.63, 3.8) is 0 Å². The Bertz CT molecular complexity index is 539. The number of amides is 3. The van der Waals surface area contributed by atoms with Gasteiger partial charge in [-0.1, -0.05) is 0 Å². The number of primary amides is 1. The zero-order valence-electron chi connectivity index (χ0n) is 10.4. The van der Waals surface area contributed by atoms with E-state index < -0.39 is 30.2 Å². The molecule has 0 fully saturated rings. The van der Waals surface area contributed by atoms with Crippen LogP contribution in [0.25, 0.3) is 0 Å². The highest BCUT2D eigenvalue weighted by molar-refractivity contribution is 5.98. The van der Waals surface area contributed by atoms with Gasteiger partial charge in [0.25, 0.3) is 5.91 Å². The lowest BCUT2D eigenvalue weighted by molar-refractivity contribution is -0.137. The summed E-state index contributed by atoms with van der Waals surface area (Å²) in [5.41, 5.74) is 5.57. The molecule has 0 aliphatic heterocycles. The molecule has 0 radical (unpaired) electrons. The van der Waals surface area contributed by atoms with Gasteiger partial charge >= 0.3 is 5.97 Å². The molecule has 0 unspecified atom stereocenters. The van der Waals surface area contributed by atoms with Crippen molar-refractivity contribution in [2.24, 2.45) is 5.73 Å². The number of hydrogen-bond acceptors (Lipinski definition) is 4. The largest absolute Gasteiger partial charge is 0.480 e. The molecule has 5 N–H and O–H groups in total. The first kappa shape index (κ1) is 15.2. The number of aliphatic carboxylic acids is 1. The molecule has 1 aromatic carbocycles. The fourth-order valence-corrected chi connectivity index (χ4v) is 1.29. The minimum absolute atomic E-state index is 0.251. The van der Waals surface area contributed by atoms with Crippen molar-refractivity contribution < 1.29 is 24.3 Å². The first-order valence-electron chi connectivity index (χ1n) is 5.56. The molecule has 1 rings (SSSR count). The molecular formula is C12H13N3O5. The second kappa shape index (κ2) is 6.88. The van der Waals surface area contributed by atoms with E-state index in [2.05, 4.69) is 10.6 Å². The summed E-state index contributed by atoms with van der Waals surface area (Å²) in [4.78, 5) is 43.9. The van der Waals surface area contributed by atoms with E-state index in [0.29, 0.717) is 0 Å². The predicted octanol–water partition coefficient (Wildman–Crippen LogP) is -1.28. The molecule has 0 saturated heterocycles. The molecule has 0 saturated carbocycles. The van der Waals surface area contributed by atoms with Gasteiger partial charge in [-0.3, -0.25) is 19.2 Å². The highest BCUT2D eigenvalue weighted by Gasteiger charge is 2.09. The van der Waals surface area contributed by atoms with Crippen molar-refractivity contribution >= 4 is 23.7 Å². The van der Waals surface area contributed by atoms with Gasteiger partial charge in [0.15, 0.2) is 0 Å². The van der Waals surface area contributed by atoms with Crippen molar-refractivity contribution in [2.75, 3.05) is 13.1 Å². The van der Waals surface area contributed by atoms with E-state index >= 15 is 0 Å². The molecular weight excluding hydrogens is 266 g/mol. The Morgan fingerprint density at radius 2 is 1.50 bits per heavy atom. The molecule has 20 heavy (non-hydrogen) atoms. The van der Waals surface area contributed by atoms with E-state index in [-0.39, 0.29) is 17.7 Å². The lowest BCUT2D eigenvalue weighted by Crippen LogP contribution is -2.39. The molecule has 0 bridgehead atoms. The van der Waals surface area contributed by atoms with Gasteiger partial charge in [0.05, 0.1) is 6.54 Å². The number of nitrogens with two attached hydrogens (primary N) is 1. The van der Waals surface area contributed by atoms with Crippen LogP contribution in [-0.2, 0) is 9.59 Å². The summed E-state index contributed by atoms with van der Waals surface area (Å²) in [6.45, 7) is -0.855. The fraction of sp³-hybridized carbons (Fsp3) is 0.167. The number of carboxylic acid groups (broad SMARTS) is 1. The number of carbonyl (C=O) groups is 4. The highest BCUT2D eigenvalue weighted by Crippen LogP contribution is 2.03. The van der Waals surface area contributed by atoms with Gasteiger partial charge in [-0.2, -0.15) is 0 Å². The average molecular weight is 279 g/mol. The van der Waals surface area contributed by atoms with Crippen LogP contribution in [0.1, 0.15) is 20.7 Å². The third kappa shape index (κ3) is 4.77. The van der Waals surface area contributed by atoms with E-state index in [1.54, 1.807) is 0 Å². The van der Waals surface area contributed by atoms with Crippen molar-refractivity contribution in [3.8, 4) is 0 Å². The molecule has 0 aromatic heterocycles. The molecule has 0 aliphatic rings. The molecule has 8 nitrogen and oxygen atoms in total. The highest BCUT2D eigenvalue weighted by atomic mass is 16.4. The molecule has 1 aromatic rings. The topological polar surface area (TPSA) is 139 Å². The molecule has 0 spiro atoms.